The van der Waals surface area contributed by atoms with Crippen LogP contribution in [0.15, 0.2) is 5.34 Å². The second kappa shape index (κ2) is 28.1. The first-order chi connectivity index (χ1) is 3.33. The molecular weight excluding hydrogens is 204 g/mol. The predicted molar refractivity (Wildman–Crippen MR) is 27.3 cm³/mol. The molecule has 0 unspecified atom stereocenters. The third-order valence-corrected chi connectivity index (χ3v) is 0.167. The molecular formula is C2H8N3O2Pd+. The van der Waals surface area contributed by atoms with Crippen LogP contribution in [0.5, 0.6) is 0 Å². The number of hydrogen-bond acceptors (Lipinski definition) is 5. The van der Waals surface area contributed by atoms with Gasteiger partial charge in [0.2, 0.25) is 0 Å². The zero-order valence-electron chi connectivity index (χ0n) is 4.15. The van der Waals surface area contributed by atoms with Crippen molar-refractivity contribution in [1.82, 2.24) is 0 Å². The SMILES string of the molecule is NCCN.O=N[O-].[Pd+2]. The minimum absolute atomic E-state index is 0. The van der Waals surface area contributed by atoms with Crippen molar-refractivity contribution >= 4 is 0 Å². The van der Waals surface area contributed by atoms with Crippen LogP contribution in [0.1, 0.15) is 0 Å². The van der Waals surface area contributed by atoms with E-state index in [1.54, 1.807) is 0 Å². The van der Waals surface area contributed by atoms with E-state index in [0.717, 1.165) is 5.34 Å². The monoisotopic (exact) mass is 212 g/mol. The van der Waals surface area contributed by atoms with Crippen molar-refractivity contribution < 1.29 is 20.4 Å². The van der Waals surface area contributed by atoms with Crippen LogP contribution < -0.4 is 11.5 Å². The van der Waals surface area contributed by atoms with E-state index in [1.165, 1.54) is 0 Å². The Kier molecular flexibility index (Phi) is 55.1. The molecule has 0 aromatic carbocycles. The molecule has 0 spiro atoms. The van der Waals surface area contributed by atoms with Gasteiger partial charge in [0.1, 0.15) is 0 Å². The number of rotatable bonds is 1. The van der Waals surface area contributed by atoms with E-state index in [1.807, 2.05) is 0 Å². The van der Waals surface area contributed by atoms with E-state index < -0.39 is 0 Å². The van der Waals surface area contributed by atoms with Crippen molar-refractivity contribution in [1.29, 1.82) is 0 Å². The third-order valence-electron chi connectivity index (χ3n) is 0.167. The van der Waals surface area contributed by atoms with E-state index in [0.29, 0.717) is 13.1 Å². The molecule has 0 saturated heterocycles. The van der Waals surface area contributed by atoms with E-state index in [4.69, 9.17) is 21.6 Å². The van der Waals surface area contributed by atoms with Gasteiger partial charge in [-0.2, -0.15) is 0 Å². The Bertz CT molecular complexity index is 34.5. The minimum atomic E-state index is 0. The van der Waals surface area contributed by atoms with Crippen molar-refractivity contribution in [3.05, 3.63) is 10.1 Å². The average molecular weight is 213 g/mol. The molecule has 0 radical (unpaired) electrons. The maximum absolute atomic E-state index is 8.00. The van der Waals surface area contributed by atoms with Gasteiger partial charge in [-0.05, 0) is 0 Å². The van der Waals surface area contributed by atoms with Gasteiger partial charge in [0.05, 0.1) is 0 Å². The Morgan fingerprint density at radius 2 is 1.50 bits per heavy atom. The molecule has 0 aliphatic carbocycles. The Hall–Kier alpha value is -0.0177. The quantitative estimate of drug-likeness (QED) is 0.336. The fourth-order valence-electron chi connectivity index (χ4n) is 0. The van der Waals surface area contributed by atoms with Crippen LogP contribution in [0.25, 0.3) is 0 Å². The summed E-state index contributed by atoms with van der Waals surface area (Å²) in [6, 6.07) is 0. The minimum Gasteiger partial charge on any atom is -0.444 e. The van der Waals surface area contributed by atoms with E-state index in [9.17, 15) is 0 Å². The molecule has 0 rings (SSSR count). The smallest absolute Gasteiger partial charge is 0.444 e. The molecule has 0 aromatic heterocycles. The van der Waals surface area contributed by atoms with Gasteiger partial charge in [-0.1, -0.05) is 0 Å². The van der Waals surface area contributed by atoms with E-state index >= 15 is 0 Å². The van der Waals surface area contributed by atoms with Gasteiger partial charge < -0.3 is 21.6 Å². The van der Waals surface area contributed by atoms with Crippen LogP contribution in [0.3, 0.4) is 0 Å². The summed E-state index contributed by atoms with van der Waals surface area (Å²) in [7, 11) is 0. The van der Waals surface area contributed by atoms with Crippen LogP contribution in [0.4, 0.5) is 0 Å². The van der Waals surface area contributed by atoms with Gasteiger partial charge in [0.25, 0.3) is 0 Å². The molecule has 0 fully saturated rings. The molecule has 4 N–H and O–H groups in total. The molecule has 0 heterocycles. The molecule has 0 aliphatic heterocycles. The molecule has 0 bridgehead atoms. The Labute approximate surface area is 61.0 Å². The van der Waals surface area contributed by atoms with Crippen LogP contribution in [0, 0.1) is 10.1 Å². The van der Waals surface area contributed by atoms with Crippen molar-refractivity contribution in [3.63, 3.8) is 0 Å². The molecule has 0 saturated carbocycles. The molecule has 0 aliphatic rings. The molecule has 5 nitrogen and oxygen atoms in total. The van der Waals surface area contributed by atoms with Gasteiger partial charge in [0.15, 0.2) is 0 Å². The molecule has 52 valence electrons. The molecule has 0 aromatic rings. The molecule has 0 amide bonds. The Balaban J connectivity index is -0.0000000575. The van der Waals surface area contributed by atoms with Crippen molar-refractivity contribution in [2.75, 3.05) is 13.1 Å². The second-order valence-electron chi connectivity index (χ2n) is 0.652. The van der Waals surface area contributed by atoms with Crippen molar-refractivity contribution in [2.45, 2.75) is 0 Å². The number of nitrogens with two attached hydrogens (primary N) is 2. The fraction of sp³-hybridized carbons (Fsp3) is 1.00. The van der Waals surface area contributed by atoms with E-state index in [-0.39, 0.29) is 20.4 Å². The first-order valence-corrected chi connectivity index (χ1v) is 1.68. The summed E-state index contributed by atoms with van der Waals surface area (Å²) in [4.78, 5) is 8.00. The molecule has 6 heteroatoms. The van der Waals surface area contributed by atoms with Crippen molar-refractivity contribution in [2.24, 2.45) is 16.8 Å². The normalized spacial score (nSPS) is 5.25. The Morgan fingerprint density at radius 3 is 1.50 bits per heavy atom. The van der Waals surface area contributed by atoms with Crippen LogP contribution in [-0.2, 0) is 20.4 Å². The maximum Gasteiger partial charge on any atom is 2.00 e. The molecule has 0 atom stereocenters. The van der Waals surface area contributed by atoms with Gasteiger partial charge in [-0.3, -0.25) is 0 Å². The fourth-order valence-corrected chi connectivity index (χ4v) is 0. The number of nitrogens with zero attached hydrogens (tertiary/aromatic N) is 1. The third kappa shape index (κ3) is 154. The Morgan fingerprint density at radius 1 is 1.38 bits per heavy atom. The summed E-state index contributed by atoms with van der Waals surface area (Å²) in [5.41, 5.74) is 9.81. The second-order valence-corrected chi connectivity index (χ2v) is 0.652. The standard InChI is InChI=1S/C2H8N2.HNO2.Pd/c3-1-2-4;2-1-3;/h1-4H2;(H,2,3);/q;;+2/p-1. The van der Waals surface area contributed by atoms with Gasteiger partial charge in [0, 0.05) is 13.1 Å². The zero-order chi connectivity index (χ0) is 6.12. The summed E-state index contributed by atoms with van der Waals surface area (Å²) in [6.07, 6.45) is 0. The van der Waals surface area contributed by atoms with Gasteiger partial charge in [-0.25, -0.2) is 0 Å². The van der Waals surface area contributed by atoms with E-state index in [2.05, 4.69) is 0 Å². The predicted octanol–water partition coefficient (Wildman–Crippen LogP) is -0.848. The summed E-state index contributed by atoms with van der Waals surface area (Å²) < 4.78 is 0. The summed E-state index contributed by atoms with van der Waals surface area (Å²) in [6.45, 7) is 1.19. The van der Waals surface area contributed by atoms with Gasteiger partial charge in [-0.15, -0.1) is 5.34 Å². The summed E-state index contributed by atoms with van der Waals surface area (Å²) >= 11 is 0. The zero-order valence-corrected chi connectivity index (χ0v) is 5.70. The molecule has 8 heavy (non-hydrogen) atoms. The maximum atomic E-state index is 8.00. The summed E-state index contributed by atoms with van der Waals surface area (Å²) in [5, 5.41) is 9.00. The number of hydrogen-bond donors (Lipinski definition) is 2. The largest absolute Gasteiger partial charge is 2.00 e. The topological polar surface area (TPSA) is 105 Å². The summed E-state index contributed by atoms with van der Waals surface area (Å²) in [5.74, 6) is 0. The van der Waals surface area contributed by atoms with Crippen LogP contribution in [0.2, 0.25) is 0 Å². The van der Waals surface area contributed by atoms with Gasteiger partial charge >= 0.3 is 20.4 Å². The van der Waals surface area contributed by atoms with Crippen LogP contribution in [-0.4, -0.2) is 13.1 Å². The first-order valence-electron chi connectivity index (χ1n) is 1.68. The van der Waals surface area contributed by atoms with Crippen molar-refractivity contribution in [3.8, 4) is 0 Å². The average Bonchev–Trinajstić information content (AvgIpc) is 1.69. The van der Waals surface area contributed by atoms with Crippen LogP contribution >= 0.6 is 0 Å². The first kappa shape index (κ1) is 15.7.